The predicted octanol–water partition coefficient (Wildman–Crippen LogP) is 8.41. The van der Waals surface area contributed by atoms with Crippen molar-refractivity contribution in [2.45, 2.75) is 12.8 Å². The van der Waals surface area contributed by atoms with E-state index in [2.05, 4.69) is 153 Å². The molecule has 0 saturated heterocycles. The Morgan fingerprint density at radius 3 is 1.59 bits per heavy atom. The molecule has 0 N–H and O–H groups in total. The van der Waals surface area contributed by atoms with Crippen molar-refractivity contribution in [2.75, 3.05) is 0 Å². The van der Waals surface area contributed by atoms with E-state index in [4.69, 9.17) is 4.74 Å². The second-order valence-corrected chi connectivity index (χ2v) is 13.4. The maximum Gasteiger partial charge on any atom is 0.128 e. The van der Waals surface area contributed by atoms with E-state index < -0.39 is 15.8 Å². The van der Waals surface area contributed by atoms with Gasteiger partial charge in [-0.25, -0.2) is 0 Å². The van der Waals surface area contributed by atoms with Crippen LogP contribution in [0.2, 0.25) is 0 Å². The molecule has 39 heavy (non-hydrogen) atoms. The van der Waals surface area contributed by atoms with E-state index in [-0.39, 0.29) is 0 Å². The molecule has 0 unspecified atom stereocenters. The minimum Gasteiger partial charge on any atom is -0.461 e. The van der Waals surface area contributed by atoms with Crippen LogP contribution < -0.4 is 21.2 Å². The lowest BCUT2D eigenvalue weighted by Gasteiger charge is -2.28. The van der Waals surface area contributed by atoms with Gasteiger partial charge in [0.05, 0.1) is 0 Å². The van der Waals surface area contributed by atoms with Gasteiger partial charge in [0.15, 0.2) is 0 Å². The standard InChI is InChI=1S/C36H32OP2/c1-3-18-35(38(30-19-8-4-9-20-30)31-21-10-5-11-22-31)29(2)37-34-27-16-17-28-36(34)39(32-23-12-6-13-24-32)33-25-14-7-15-26-33/h3-15,17-26,28H,1-2,16,27H2/b35-18+. The summed E-state index contributed by atoms with van der Waals surface area (Å²) in [6.45, 7) is 8.55. The molecule has 192 valence electrons. The van der Waals surface area contributed by atoms with Crippen LogP contribution in [0.4, 0.5) is 0 Å². The maximum absolute atomic E-state index is 6.82. The molecule has 0 radical (unpaired) electrons. The fourth-order valence-corrected chi connectivity index (χ4v) is 9.50. The Morgan fingerprint density at radius 1 is 0.667 bits per heavy atom. The monoisotopic (exact) mass is 542 g/mol. The summed E-state index contributed by atoms with van der Waals surface area (Å²) in [7, 11) is -1.65. The van der Waals surface area contributed by atoms with Crippen molar-refractivity contribution in [2.24, 2.45) is 0 Å². The van der Waals surface area contributed by atoms with Crippen LogP contribution in [-0.4, -0.2) is 0 Å². The van der Waals surface area contributed by atoms with Gasteiger partial charge in [-0.3, -0.25) is 0 Å². The van der Waals surface area contributed by atoms with Crippen LogP contribution >= 0.6 is 15.8 Å². The van der Waals surface area contributed by atoms with Crippen LogP contribution in [0.3, 0.4) is 0 Å². The van der Waals surface area contributed by atoms with Gasteiger partial charge in [-0.15, -0.1) is 0 Å². The van der Waals surface area contributed by atoms with Crippen molar-refractivity contribution in [1.29, 1.82) is 0 Å². The molecule has 0 bridgehead atoms. The first-order valence-corrected chi connectivity index (χ1v) is 15.8. The van der Waals surface area contributed by atoms with Gasteiger partial charge in [-0.1, -0.05) is 159 Å². The molecule has 0 amide bonds. The highest BCUT2D eigenvalue weighted by Crippen LogP contribution is 2.50. The Bertz CT molecular complexity index is 1410. The Balaban J connectivity index is 1.57. The van der Waals surface area contributed by atoms with Crippen LogP contribution in [0.1, 0.15) is 12.8 Å². The summed E-state index contributed by atoms with van der Waals surface area (Å²) in [5, 5.41) is 7.45. The molecule has 0 aliphatic heterocycles. The van der Waals surface area contributed by atoms with Gasteiger partial charge >= 0.3 is 0 Å². The minimum absolute atomic E-state index is 0.688. The van der Waals surface area contributed by atoms with E-state index in [9.17, 15) is 0 Å². The third-order valence-electron chi connectivity index (χ3n) is 6.45. The maximum atomic E-state index is 6.82. The van der Waals surface area contributed by atoms with E-state index in [1.165, 1.54) is 26.5 Å². The van der Waals surface area contributed by atoms with Gasteiger partial charge in [0.25, 0.3) is 0 Å². The van der Waals surface area contributed by atoms with Gasteiger partial charge in [-0.05, 0) is 43.5 Å². The average Bonchev–Trinajstić information content (AvgIpc) is 3.00. The normalized spacial score (nSPS) is 13.5. The first-order valence-electron chi connectivity index (χ1n) is 13.2. The van der Waals surface area contributed by atoms with Crippen LogP contribution in [-0.2, 0) is 4.74 Å². The number of hydrogen-bond donors (Lipinski definition) is 0. The highest BCUT2D eigenvalue weighted by molar-refractivity contribution is 7.77. The number of rotatable bonds is 10. The van der Waals surface area contributed by atoms with Gasteiger partial charge < -0.3 is 4.74 Å². The smallest absolute Gasteiger partial charge is 0.128 e. The Labute approximate surface area is 235 Å². The van der Waals surface area contributed by atoms with Crippen LogP contribution in [0.25, 0.3) is 0 Å². The van der Waals surface area contributed by atoms with Crippen molar-refractivity contribution in [1.82, 2.24) is 0 Å². The zero-order chi connectivity index (χ0) is 26.9. The van der Waals surface area contributed by atoms with E-state index in [0.29, 0.717) is 5.76 Å². The van der Waals surface area contributed by atoms with Gasteiger partial charge in [0.2, 0.25) is 0 Å². The molecule has 4 aromatic carbocycles. The summed E-state index contributed by atoms with van der Waals surface area (Å²) in [5.74, 6) is 1.69. The fraction of sp³-hybridized carbons (Fsp3) is 0.0556. The van der Waals surface area contributed by atoms with Crippen molar-refractivity contribution in [3.63, 3.8) is 0 Å². The molecule has 0 spiro atoms. The van der Waals surface area contributed by atoms with Crippen LogP contribution in [0, 0.1) is 0 Å². The summed E-state index contributed by atoms with van der Waals surface area (Å²) >= 11 is 0. The number of ether oxygens (including phenoxy) is 1. The van der Waals surface area contributed by atoms with E-state index >= 15 is 0 Å². The lowest BCUT2D eigenvalue weighted by Crippen LogP contribution is -2.16. The van der Waals surface area contributed by atoms with Gasteiger partial charge in [-0.2, -0.15) is 0 Å². The molecule has 4 aromatic rings. The zero-order valence-corrected chi connectivity index (χ0v) is 23.8. The molecule has 0 atom stereocenters. The summed E-state index contributed by atoms with van der Waals surface area (Å²) in [4.78, 5) is 0. The molecule has 1 aliphatic rings. The van der Waals surface area contributed by atoms with Crippen LogP contribution in [0.15, 0.2) is 181 Å². The van der Waals surface area contributed by atoms with Crippen molar-refractivity contribution in [3.05, 3.63) is 181 Å². The van der Waals surface area contributed by atoms with Crippen LogP contribution in [0.5, 0.6) is 0 Å². The fourth-order valence-electron chi connectivity index (χ4n) is 4.70. The zero-order valence-electron chi connectivity index (χ0n) is 22.0. The Kier molecular flexibility index (Phi) is 9.18. The highest BCUT2D eigenvalue weighted by atomic mass is 31.1. The third-order valence-corrected chi connectivity index (χ3v) is 11.5. The summed E-state index contributed by atoms with van der Waals surface area (Å²) < 4.78 is 6.82. The molecular weight excluding hydrogens is 510 g/mol. The second-order valence-electron chi connectivity index (χ2n) is 9.08. The molecule has 5 rings (SSSR count). The van der Waals surface area contributed by atoms with E-state index in [1.807, 2.05) is 6.08 Å². The molecule has 0 heterocycles. The van der Waals surface area contributed by atoms with Gasteiger partial charge in [0.1, 0.15) is 11.5 Å². The first kappa shape index (κ1) is 26.8. The van der Waals surface area contributed by atoms with Crippen molar-refractivity contribution < 1.29 is 4.74 Å². The quantitative estimate of drug-likeness (QED) is 0.111. The molecule has 0 fully saturated rings. The molecule has 0 saturated carbocycles. The topological polar surface area (TPSA) is 9.23 Å². The minimum atomic E-state index is -0.874. The number of allylic oxidation sites excluding steroid dienone is 7. The molecule has 0 aromatic heterocycles. The van der Waals surface area contributed by atoms with Crippen molar-refractivity contribution >= 4 is 37.1 Å². The number of hydrogen-bond acceptors (Lipinski definition) is 1. The highest BCUT2D eigenvalue weighted by Gasteiger charge is 2.26. The lowest BCUT2D eigenvalue weighted by molar-refractivity contribution is 0.302. The SMILES string of the molecule is C=C/C=C(\C(=C)OC1=C(P(c2ccccc2)c2ccccc2)C=CCC1)P(c1ccccc1)c1ccccc1. The van der Waals surface area contributed by atoms with E-state index in [0.717, 1.165) is 23.9 Å². The lowest BCUT2D eigenvalue weighted by atomic mass is 10.1. The Morgan fingerprint density at radius 2 is 1.13 bits per heavy atom. The summed E-state index contributed by atoms with van der Waals surface area (Å²) in [5.41, 5.74) is 0. The predicted molar refractivity (Wildman–Crippen MR) is 172 cm³/mol. The Hall–Kier alpha value is -3.76. The average molecular weight is 543 g/mol. The largest absolute Gasteiger partial charge is 0.461 e. The molecular formula is C36H32OP2. The first-order chi connectivity index (χ1) is 19.3. The van der Waals surface area contributed by atoms with Crippen molar-refractivity contribution in [3.8, 4) is 0 Å². The molecule has 1 nitrogen and oxygen atoms in total. The van der Waals surface area contributed by atoms with Gasteiger partial charge in [0, 0.05) is 17.0 Å². The summed E-state index contributed by atoms with van der Waals surface area (Å²) in [6, 6.07) is 42.9. The summed E-state index contributed by atoms with van der Waals surface area (Å²) in [6.07, 6.45) is 10.3. The second kappa shape index (κ2) is 13.3. The van der Waals surface area contributed by atoms with E-state index in [1.54, 1.807) is 0 Å². The number of benzene rings is 4. The third kappa shape index (κ3) is 6.46. The molecule has 1 aliphatic carbocycles. The molecule has 3 heteroatoms.